The van der Waals surface area contributed by atoms with E-state index in [-0.39, 0.29) is 11.0 Å². The van der Waals surface area contributed by atoms with Gasteiger partial charge in [-0.2, -0.15) is 22.0 Å². The molecule has 0 saturated carbocycles. The zero-order valence-electron chi connectivity index (χ0n) is 11.5. The second kappa shape index (κ2) is 5.32. The van der Waals surface area contributed by atoms with Crippen molar-refractivity contribution < 1.29 is 22.0 Å². The molecule has 2 rings (SSSR count). The number of pyridine rings is 1. The van der Waals surface area contributed by atoms with Gasteiger partial charge in [0, 0.05) is 6.04 Å². The van der Waals surface area contributed by atoms with E-state index in [0.717, 1.165) is 10.8 Å². The van der Waals surface area contributed by atoms with Crippen LogP contribution >= 0.6 is 15.9 Å². The van der Waals surface area contributed by atoms with Gasteiger partial charge >= 0.3 is 17.8 Å². The molecule has 2 aromatic heterocycles. The van der Waals surface area contributed by atoms with Gasteiger partial charge in [0.2, 0.25) is 0 Å². The maximum atomic E-state index is 13.3. The molecule has 0 unspecified atom stereocenters. The highest BCUT2D eigenvalue weighted by Crippen LogP contribution is 2.37. The molecule has 2 heterocycles. The normalized spacial score (nSPS) is 13.3. The molecule has 0 aromatic carbocycles. The number of rotatable bonds is 3. The van der Waals surface area contributed by atoms with Crippen molar-refractivity contribution in [2.45, 2.75) is 38.5 Å². The Morgan fingerprint density at radius 3 is 2.32 bits per heavy atom. The quantitative estimate of drug-likeness (QED) is 0.594. The summed E-state index contributed by atoms with van der Waals surface area (Å²) in [6.45, 7) is 1.47. The van der Waals surface area contributed by atoms with E-state index in [0.29, 0.717) is 9.17 Å². The summed E-state index contributed by atoms with van der Waals surface area (Å²) in [4.78, 5) is 16.0. The van der Waals surface area contributed by atoms with E-state index in [1.807, 2.05) is 0 Å². The number of imidazole rings is 1. The molecule has 122 valence electrons. The highest BCUT2D eigenvalue weighted by atomic mass is 79.9. The Morgan fingerprint density at radius 1 is 1.23 bits per heavy atom. The van der Waals surface area contributed by atoms with Crippen LogP contribution in [0.2, 0.25) is 0 Å². The van der Waals surface area contributed by atoms with Gasteiger partial charge in [0.15, 0.2) is 0 Å². The van der Waals surface area contributed by atoms with E-state index in [2.05, 4.69) is 20.9 Å². The molecule has 0 fully saturated rings. The molecule has 0 amide bonds. The molecule has 0 radical (unpaired) electrons. The van der Waals surface area contributed by atoms with Crippen LogP contribution in [0.5, 0.6) is 0 Å². The summed E-state index contributed by atoms with van der Waals surface area (Å²) in [5.74, 6) is -5.01. The lowest BCUT2D eigenvalue weighted by atomic mass is 10.3. The van der Waals surface area contributed by atoms with Gasteiger partial charge in [-0.05, 0) is 35.8 Å². The summed E-state index contributed by atoms with van der Waals surface area (Å²) >= 11 is 3.08. The summed E-state index contributed by atoms with van der Waals surface area (Å²) < 4.78 is 65.6. The minimum Gasteiger partial charge on any atom is -0.289 e. The van der Waals surface area contributed by atoms with Crippen LogP contribution in [0.25, 0.3) is 11.0 Å². The van der Waals surface area contributed by atoms with Crippen LogP contribution in [-0.2, 0) is 6.54 Å². The van der Waals surface area contributed by atoms with Crippen LogP contribution in [0, 0.1) is 0 Å². The lowest BCUT2D eigenvalue weighted by Gasteiger charge is -2.19. The summed E-state index contributed by atoms with van der Waals surface area (Å²) in [6.07, 6.45) is -4.65. The maximum Gasteiger partial charge on any atom is 0.455 e. The third-order valence-electron chi connectivity index (χ3n) is 3.10. The van der Waals surface area contributed by atoms with Crippen LogP contribution in [0.15, 0.2) is 21.7 Å². The number of aromatic nitrogens is 3. The van der Waals surface area contributed by atoms with Gasteiger partial charge in [-0.15, -0.1) is 0 Å². The number of alkyl halides is 5. The molecule has 0 saturated heterocycles. The third kappa shape index (κ3) is 2.75. The Bertz CT molecular complexity index is 762. The SMILES string of the molecule is CC(C)n1c(=O)n(CC(F)(F)C(F)(F)F)c2cnc(Br)cc21. The fourth-order valence-electron chi connectivity index (χ4n) is 2.09. The van der Waals surface area contributed by atoms with Crippen molar-refractivity contribution >= 4 is 27.0 Å². The Hall–Kier alpha value is -1.45. The standard InChI is InChI=1S/C12H11BrF5N3O/c1-6(2)21-7-3-9(13)19-4-8(7)20(10(21)22)5-11(14,15)12(16,17)18/h3-4,6H,5H2,1-2H3. The molecule has 0 spiro atoms. The van der Waals surface area contributed by atoms with Crippen LogP contribution in [-0.4, -0.2) is 26.2 Å². The van der Waals surface area contributed by atoms with Gasteiger partial charge in [0.05, 0.1) is 17.2 Å². The maximum absolute atomic E-state index is 13.3. The number of halogens is 6. The second-order valence-electron chi connectivity index (χ2n) is 5.03. The fraction of sp³-hybridized carbons (Fsp3) is 0.500. The van der Waals surface area contributed by atoms with Crippen molar-refractivity contribution in [1.29, 1.82) is 0 Å². The number of hydrogen-bond donors (Lipinski definition) is 0. The Balaban J connectivity index is 2.70. The Morgan fingerprint density at radius 2 is 1.82 bits per heavy atom. The Labute approximate surface area is 129 Å². The highest BCUT2D eigenvalue weighted by Gasteiger charge is 2.58. The molecule has 0 aliphatic carbocycles. The zero-order valence-corrected chi connectivity index (χ0v) is 13.0. The molecule has 0 aliphatic heterocycles. The monoisotopic (exact) mass is 387 g/mol. The molecule has 10 heteroatoms. The highest BCUT2D eigenvalue weighted by molar-refractivity contribution is 9.10. The van der Waals surface area contributed by atoms with Crippen molar-refractivity contribution in [3.8, 4) is 0 Å². The summed E-state index contributed by atoms with van der Waals surface area (Å²) in [5, 5.41) is 0. The first kappa shape index (κ1) is 16.9. The zero-order chi connectivity index (χ0) is 16.9. The number of fused-ring (bicyclic) bond motifs is 1. The van der Waals surface area contributed by atoms with Crippen molar-refractivity contribution in [2.24, 2.45) is 0 Å². The molecule has 0 atom stereocenters. The van der Waals surface area contributed by atoms with E-state index in [4.69, 9.17) is 0 Å². The minimum absolute atomic E-state index is 0.0779. The van der Waals surface area contributed by atoms with Crippen LogP contribution < -0.4 is 5.69 Å². The second-order valence-corrected chi connectivity index (χ2v) is 5.84. The van der Waals surface area contributed by atoms with Crippen LogP contribution in [0.1, 0.15) is 19.9 Å². The van der Waals surface area contributed by atoms with Gasteiger partial charge in [-0.3, -0.25) is 9.13 Å². The smallest absolute Gasteiger partial charge is 0.289 e. The first-order valence-electron chi connectivity index (χ1n) is 6.16. The molecular formula is C12H11BrF5N3O. The van der Waals surface area contributed by atoms with E-state index >= 15 is 0 Å². The largest absolute Gasteiger partial charge is 0.455 e. The van der Waals surface area contributed by atoms with Crippen molar-refractivity contribution in [3.05, 3.63) is 27.4 Å². The molecule has 0 aliphatic rings. The molecule has 4 nitrogen and oxygen atoms in total. The third-order valence-corrected chi connectivity index (χ3v) is 3.54. The van der Waals surface area contributed by atoms with Gasteiger partial charge in [-0.1, -0.05) is 0 Å². The van der Waals surface area contributed by atoms with Crippen molar-refractivity contribution in [2.75, 3.05) is 0 Å². The average molecular weight is 388 g/mol. The predicted molar refractivity (Wildman–Crippen MR) is 73.1 cm³/mol. The summed E-state index contributed by atoms with van der Waals surface area (Å²) in [6, 6.07) is 0.990. The molecular weight excluding hydrogens is 377 g/mol. The Kier molecular flexibility index (Phi) is 4.09. The summed E-state index contributed by atoms with van der Waals surface area (Å²) in [7, 11) is 0. The topological polar surface area (TPSA) is 39.8 Å². The number of hydrogen-bond acceptors (Lipinski definition) is 2. The van der Waals surface area contributed by atoms with E-state index in [9.17, 15) is 26.7 Å². The lowest BCUT2D eigenvalue weighted by molar-refractivity contribution is -0.286. The molecule has 2 aromatic rings. The first-order valence-corrected chi connectivity index (χ1v) is 6.96. The number of nitrogens with zero attached hydrogens (tertiary/aromatic N) is 3. The minimum atomic E-state index is -5.73. The predicted octanol–water partition coefficient (Wildman–Crippen LogP) is 3.74. The van der Waals surface area contributed by atoms with E-state index in [1.165, 1.54) is 6.07 Å². The molecule has 22 heavy (non-hydrogen) atoms. The van der Waals surface area contributed by atoms with Gasteiger partial charge < -0.3 is 0 Å². The average Bonchev–Trinajstić information content (AvgIpc) is 2.60. The van der Waals surface area contributed by atoms with Crippen molar-refractivity contribution in [3.63, 3.8) is 0 Å². The van der Waals surface area contributed by atoms with E-state index < -0.39 is 30.4 Å². The molecule has 0 N–H and O–H groups in total. The van der Waals surface area contributed by atoms with Gasteiger partial charge in [-0.25, -0.2) is 9.78 Å². The summed E-state index contributed by atoms with van der Waals surface area (Å²) in [5.41, 5.74) is -0.778. The van der Waals surface area contributed by atoms with Crippen LogP contribution in [0.3, 0.4) is 0 Å². The van der Waals surface area contributed by atoms with E-state index in [1.54, 1.807) is 13.8 Å². The lowest BCUT2D eigenvalue weighted by Crippen LogP contribution is -2.43. The van der Waals surface area contributed by atoms with Crippen LogP contribution in [0.4, 0.5) is 22.0 Å². The van der Waals surface area contributed by atoms with Crippen molar-refractivity contribution in [1.82, 2.24) is 14.1 Å². The van der Waals surface area contributed by atoms with Gasteiger partial charge in [0.1, 0.15) is 11.1 Å². The van der Waals surface area contributed by atoms with Gasteiger partial charge in [0.25, 0.3) is 0 Å². The fourth-order valence-corrected chi connectivity index (χ4v) is 2.41. The molecule has 0 bridgehead atoms. The first-order chi connectivity index (χ1) is 9.95.